The molecule has 21 heavy (non-hydrogen) atoms. The summed E-state index contributed by atoms with van der Waals surface area (Å²) in [6.07, 6.45) is 0. The van der Waals surface area contributed by atoms with E-state index in [1.807, 2.05) is 11.4 Å². The van der Waals surface area contributed by atoms with Crippen molar-refractivity contribution in [3.63, 3.8) is 0 Å². The normalized spacial score (nSPS) is 11.1. The molecule has 0 fully saturated rings. The third-order valence-electron chi connectivity index (χ3n) is 3.09. The Morgan fingerprint density at radius 3 is 3.00 bits per heavy atom. The van der Waals surface area contributed by atoms with Gasteiger partial charge in [0.05, 0.1) is 0 Å². The first-order valence-electron chi connectivity index (χ1n) is 6.61. The standard InChI is InChI=1S/C15H15FN2O2S/c16-13-5-1-3-11-9-14(19)18(15(11)13)20-7-6-17-10-12-4-2-8-21-12/h1-5,8-9,17,19H,6-7,10H2. The Kier molecular flexibility index (Phi) is 4.08. The first kappa shape index (κ1) is 13.9. The number of nitrogens with zero attached hydrogens (tertiary/aromatic N) is 1. The van der Waals surface area contributed by atoms with Crippen molar-refractivity contribution in [1.82, 2.24) is 10.0 Å². The third-order valence-corrected chi connectivity index (χ3v) is 3.97. The molecule has 0 atom stereocenters. The summed E-state index contributed by atoms with van der Waals surface area (Å²) >= 11 is 1.69. The van der Waals surface area contributed by atoms with E-state index >= 15 is 0 Å². The number of fused-ring (bicyclic) bond motifs is 1. The second-order valence-electron chi connectivity index (χ2n) is 4.56. The smallest absolute Gasteiger partial charge is 0.226 e. The zero-order chi connectivity index (χ0) is 14.7. The lowest BCUT2D eigenvalue weighted by Gasteiger charge is -2.10. The number of nitrogens with one attached hydrogen (secondary N) is 1. The molecule has 0 radical (unpaired) electrons. The Balaban J connectivity index is 1.59. The molecule has 0 saturated carbocycles. The number of aromatic hydroxyl groups is 1. The Morgan fingerprint density at radius 2 is 2.19 bits per heavy atom. The van der Waals surface area contributed by atoms with Crippen LogP contribution in [-0.2, 0) is 6.54 Å². The highest BCUT2D eigenvalue weighted by Crippen LogP contribution is 2.25. The molecule has 6 heteroatoms. The van der Waals surface area contributed by atoms with Gasteiger partial charge >= 0.3 is 0 Å². The average Bonchev–Trinajstić information content (AvgIpc) is 3.07. The highest BCUT2D eigenvalue weighted by Gasteiger charge is 2.12. The van der Waals surface area contributed by atoms with Gasteiger partial charge in [-0.05, 0) is 17.5 Å². The van der Waals surface area contributed by atoms with Crippen molar-refractivity contribution < 1.29 is 14.3 Å². The predicted molar refractivity (Wildman–Crippen MR) is 81.0 cm³/mol. The molecule has 2 N–H and O–H groups in total. The summed E-state index contributed by atoms with van der Waals surface area (Å²) in [4.78, 5) is 6.70. The Hall–Kier alpha value is -2.05. The molecule has 0 aliphatic heterocycles. The molecule has 4 nitrogen and oxygen atoms in total. The minimum Gasteiger partial charge on any atom is -0.492 e. The van der Waals surface area contributed by atoms with Crippen LogP contribution in [0.1, 0.15) is 4.88 Å². The monoisotopic (exact) mass is 306 g/mol. The molecule has 1 aromatic carbocycles. The van der Waals surface area contributed by atoms with E-state index in [0.29, 0.717) is 18.5 Å². The van der Waals surface area contributed by atoms with E-state index < -0.39 is 5.82 Å². The van der Waals surface area contributed by atoms with Gasteiger partial charge in [-0.3, -0.25) is 0 Å². The minimum absolute atomic E-state index is 0.103. The molecular formula is C15H15FN2O2S. The van der Waals surface area contributed by atoms with Crippen molar-refractivity contribution in [1.29, 1.82) is 0 Å². The first-order chi connectivity index (χ1) is 10.3. The van der Waals surface area contributed by atoms with E-state index in [9.17, 15) is 9.50 Å². The Bertz CT molecular complexity index is 725. The fourth-order valence-electron chi connectivity index (χ4n) is 2.14. The van der Waals surface area contributed by atoms with Gasteiger partial charge in [-0.15, -0.1) is 16.1 Å². The highest BCUT2D eigenvalue weighted by atomic mass is 32.1. The summed E-state index contributed by atoms with van der Waals surface area (Å²) in [7, 11) is 0. The summed E-state index contributed by atoms with van der Waals surface area (Å²) in [5.74, 6) is -0.521. The number of thiophene rings is 1. The van der Waals surface area contributed by atoms with Gasteiger partial charge in [0.15, 0.2) is 5.82 Å². The quantitative estimate of drug-likeness (QED) is 0.688. The first-order valence-corrected chi connectivity index (χ1v) is 7.49. The van der Waals surface area contributed by atoms with Crippen LogP contribution in [0, 0.1) is 5.82 Å². The molecule has 2 aromatic heterocycles. The van der Waals surface area contributed by atoms with Crippen molar-refractivity contribution in [3.05, 3.63) is 52.5 Å². The maximum atomic E-state index is 13.8. The molecule has 0 spiro atoms. The average molecular weight is 306 g/mol. The zero-order valence-electron chi connectivity index (χ0n) is 11.3. The van der Waals surface area contributed by atoms with Crippen molar-refractivity contribution in [3.8, 4) is 5.88 Å². The molecule has 0 bridgehead atoms. The molecule has 2 heterocycles. The second-order valence-corrected chi connectivity index (χ2v) is 5.60. The third kappa shape index (κ3) is 3.01. The highest BCUT2D eigenvalue weighted by molar-refractivity contribution is 7.09. The summed E-state index contributed by atoms with van der Waals surface area (Å²) in [5.41, 5.74) is 0.258. The lowest BCUT2D eigenvalue weighted by molar-refractivity contribution is 0.102. The molecule has 0 aliphatic rings. The largest absolute Gasteiger partial charge is 0.492 e. The fraction of sp³-hybridized carbons (Fsp3) is 0.200. The van der Waals surface area contributed by atoms with Gasteiger partial charge in [0.2, 0.25) is 5.88 Å². The van der Waals surface area contributed by atoms with Gasteiger partial charge in [0.1, 0.15) is 12.1 Å². The number of hydrogen-bond donors (Lipinski definition) is 2. The summed E-state index contributed by atoms with van der Waals surface area (Å²) in [6, 6.07) is 10.2. The van der Waals surface area contributed by atoms with Gasteiger partial charge in [-0.2, -0.15) is 0 Å². The second kappa shape index (κ2) is 6.15. The van der Waals surface area contributed by atoms with Crippen LogP contribution in [0.3, 0.4) is 0 Å². The van der Waals surface area contributed by atoms with E-state index in [1.54, 1.807) is 23.5 Å². The van der Waals surface area contributed by atoms with Gasteiger partial charge in [-0.25, -0.2) is 4.39 Å². The van der Waals surface area contributed by atoms with E-state index in [0.717, 1.165) is 11.3 Å². The fourth-order valence-corrected chi connectivity index (χ4v) is 2.81. The molecule has 0 amide bonds. The lowest BCUT2D eigenvalue weighted by atomic mass is 10.2. The van der Waals surface area contributed by atoms with Gasteiger partial charge in [0, 0.05) is 29.4 Å². The Morgan fingerprint density at radius 1 is 1.29 bits per heavy atom. The van der Waals surface area contributed by atoms with Gasteiger partial charge < -0.3 is 15.3 Å². The molecule has 0 saturated heterocycles. The van der Waals surface area contributed by atoms with Crippen LogP contribution in [0.5, 0.6) is 5.88 Å². The van der Waals surface area contributed by atoms with Crippen LogP contribution in [0.2, 0.25) is 0 Å². The number of benzene rings is 1. The van der Waals surface area contributed by atoms with Crippen molar-refractivity contribution in [2.75, 3.05) is 13.2 Å². The molecule has 110 valence electrons. The van der Waals surface area contributed by atoms with Crippen LogP contribution in [0.25, 0.3) is 10.9 Å². The van der Waals surface area contributed by atoms with Crippen LogP contribution in [-0.4, -0.2) is 23.0 Å². The van der Waals surface area contributed by atoms with Crippen LogP contribution in [0.4, 0.5) is 4.39 Å². The number of rotatable bonds is 6. The maximum Gasteiger partial charge on any atom is 0.226 e. The molecule has 3 aromatic rings. The molecule has 0 unspecified atom stereocenters. The van der Waals surface area contributed by atoms with Crippen molar-refractivity contribution in [2.24, 2.45) is 0 Å². The van der Waals surface area contributed by atoms with Gasteiger partial charge in [0.25, 0.3) is 0 Å². The zero-order valence-corrected chi connectivity index (χ0v) is 12.1. The minimum atomic E-state index is -0.417. The van der Waals surface area contributed by atoms with Crippen molar-refractivity contribution in [2.45, 2.75) is 6.54 Å². The molecule has 0 aliphatic carbocycles. The summed E-state index contributed by atoms with van der Waals surface area (Å²) in [6.45, 7) is 1.70. The Labute approximate surface area is 125 Å². The van der Waals surface area contributed by atoms with Crippen molar-refractivity contribution >= 4 is 22.2 Å². The number of aromatic nitrogens is 1. The summed E-state index contributed by atoms with van der Waals surface area (Å²) in [5, 5.41) is 15.7. The van der Waals surface area contributed by atoms with Gasteiger partial charge in [-0.1, -0.05) is 18.2 Å². The number of para-hydroxylation sites is 1. The van der Waals surface area contributed by atoms with Crippen LogP contribution >= 0.6 is 11.3 Å². The van der Waals surface area contributed by atoms with Crippen LogP contribution < -0.4 is 10.2 Å². The van der Waals surface area contributed by atoms with Crippen LogP contribution in [0.15, 0.2) is 41.8 Å². The molecular weight excluding hydrogens is 291 g/mol. The maximum absolute atomic E-state index is 13.8. The topological polar surface area (TPSA) is 46.4 Å². The predicted octanol–water partition coefficient (Wildman–Crippen LogP) is 2.77. The van der Waals surface area contributed by atoms with E-state index in [4.69, 9.17) is 4.84 Å². The van der Waals surface area contributed by atoms with E-state index in [-0.39, 0.29) is 11.4 Å². The summed E-state index contributed by atoms with van der Waals surface area (Å²) < 4.78 is 14.9. The number of halogens is 1. The number of hydrogen-bond acceptors (Lipinski definition) is 4. The van der Waals surface area contributed by atoms with E-state index in [2.05, 4.69) is 11.4 Å². The molecule has 3 rings (SSSR count). The lowest BCUT2D eigenvalue weighted by Crippen LogP contribution is -2.24. The van der Waals surface area contributed by atoms with E-state index in [1.165, 1.54) is 17.0 Å². The SMILES string of the molecule is Oc1cc2cccc(F)c2n1OCCNCc1cccs1.